The van der Waals surface area contributed by atoms with Gasteiger partial charge >= 0.3 is 0 Å². The predicted octanol–water partition coefficient (Wildman–Crippen LogP) is 7.39. The molecule has 0 radical (unpaired) electrons. The molecule has 2 aromatic rings. The van der Waals surface area contributed by atoms with E-state index in [2.05, 4.69) is 92.5 Å². The molecule has 2 bridgehead atoms. The fourth-order valence-corrected chi connectivity index (χ4v) is 7.40. The van der Waals surface area contributed by atoms with E-state index in [4.69, 9.17) is 9.47 Å². The number of benzene rings is 2. The van der Waals surface area contributed by atoms with E-state index in [-0.39, 0.29) is 23.4 Å². The van der Waals surface area contributed by atoms with Gasteiger partial charge in [-0.3, -0.25) is 0 Å². The van der Waals surface area contributed by atoms with Gasteiger partial charge in [-0.05, 0) is 37.3 Å². The van der Waals surface area contributed by atoms with Gasteiger partial charge < -0.3 is 9.47 Å². The van der Waals surface area contributed by atoms with Crippen LogP contribution in [0.3, 0.4) is 0 Å². The van der Waals surface area contributed by atoms with Crippen molar-refractivity contribution in [3.05, 3.63) is 92.3 Å². The predicted molar refractivity (Wildman–Crippen MR) is 123 cm³/mol. The molecule has 0 amide bonds. The van der Waals surface area contributed by atoms with Crippen molar-refractivity contribution in [3.8, 4) is 0 Å². The Morgan fingerprint density at radius 1 is 1.00 bits per heavy atom. The molecule has 0 aromatic heterocycles. The summed E-state index contributed by atoms with van der Waals surface area (Å²) in [5, 5.41) is 0. The molecule has 1 fully saturated rings. The molecule has 3 aliphatic rings. The first-order valence-electron chi connectivity index (χ1n) is 10.4. The molecular weight excluding hydrogens is 492 g/mol. The highest BCUT2D eigenvalue weighted by Gasteiger charge is 2.65. The van der Waals surface area contributed by atoms with Crippen molar-refractivity contribution >= 4 is 31.9 Å². The summed E-state index contributed by atoms with van der Waals surface area (Å²) < 4.78 is 15.4. The molecule has 2 aromatic carbocycles. The Morgan fingerprint density at radius 3 is 2.31 bits per heavy atom. The summed E-state index contributed by atoms with van der Waals surface area (Å²) in [5.41, 5.74) is 2.51. The third-order valence-electron chi connectivity index (χ3n) is 6.61. The fraction of sp³-hybridized carbons (Fsp3) is 0.360. The third kappa shape index (κ3) is 2.86. The van der Waals surface area contributed by atoms with Crippen LogP contribution in [-0.2, 0) is 9.47 Å². The number of fused-ring (bicyclic) bond motifs is 1. The molecule has 4 atom stereocenters. The molecule has 0 N–H and O–H groups in total. The topological polar surface area (TPSA) is 18.5 Å². The lowest BCUT2D eigenvalue weighted by molar-refractivity contribution is 0.0909. The van der Waals surface area contributed by atoms with Gasteiger partial charge in [0.05, 0.1) is 12.0 Å². The summed E-state index contributed by atoms with van der Waals surface area (Å²) in [6.07, 6.45) is 3.18. The Morgan fingerprint density at radius 2 is 1.66 bits per heavy atom. The molecule has 2 nitrogen and oxygen atoms in total. The van der Waals surface area contributed by atoms with E-state index in [1.165, 1.54) is 15.6 Å². The van der Waals surface area contributed by atoms with Crippen molar-refractivity contribution < 1.29 is 9.47 Å². The zero-order valence-corrected chi connectivity index (χ0v) is 19.6. The molecule has 150 valence electrons. The summed E-state index contributed by atoms with van der Waals surface area (Å²) in [6.45, 7) is 2.67. The quantitative estimate of drug-likeness (QED) is 0.422. The lowest BCUT2D eigenvalue weighted by atomic mass is 9.55. The van der Waals surface area contributed by atoms with E-state index in [1.54, 1.807) is 0 Å². The second-order valence-electron chi connectivity index (χ2n) is 8.04. The molecule has 1 saturated heterocycles. The summed E-state index contributed by atoms with van der Waals surface area (Å²) in [5.74, 6) is 2.46. The van der Waals surface area contributed by atoms with Crippen LogP contribution in [0.15, 0.2) is 81.1 Å². The van der Waals surface area contributed by atoms with Crippen LogP contribution in [0.1, 0.15) is 49.1 Å². The second-order valence-corrected chi connectivity index (χ2v) is 9.86. The van der Waals surface area contributed by atoms with Crippen LogP contribution in [0.2, 0.25) is 0 Å². The highest BCUT2D eigenvalue weighted by molar-refractivity contribution is 9.12. The molecule has 2 aliphatic carbocycles. The van der Waals surface area contributed by atoms with Crippen molar-refractivity contribution in [1.82, 2.24) is 0 Å². The monoisotopic (exact) mass is 514 g/mol. The smallest absolute Gasteiger partial charge is 0.164 e. The fourth-order valence-electron chi connectivity index (χ4n) is 5.64. The van der Waals surface area contributed by atoms with Crippen molar-refractivity contribution in [2.45, 2.75) is 44.1 Å². The van der Waals surface area contributed by atoms with Gasteiger partial charge in [0.2, 0.25) is 0 Å². The lowest BCUT2D eigenvalue weighted by Crippen LogP contribution is -2.42. The van der Waals surface area contributed by atoms with E-state index in [9.17, 15) is 0 Å². The van der Waals surface area contributed by atoms with Crippen LogP contribution >= 0.6 is 31.9 Å². The van der Waals surface area contributed by atoms with Crippen molar-refractivity contribution in [2.24, 2.45) is 5.41 Å². The highest BCUT2D eigenvalue weighted by Crippen LogP contribution is 2.71. The SMILES string of the molecule is CCOC1=C(Br)C(c2ccccc2)C23CCCC(Br)=C2OC1C3c1ccccc1. The molecule has 4 unspecified atom stereocenters. The largest absolute Gasteiger partial charge is 0.493 e. The van der Waals surface area contributed by atoms with Crippen LogP contribution in [0, 0.1) is 5.41 Å². The Hall–Kier alpha value is -1.52. The van der Waals surface area contributed by atoms with Gasteiger partial charge in [-0.1, -0.05) is 92.5 Å². The van der Waals surface area contributed by atoms with Gasteiger partial charge in [-0.2, -0.15) is 0 Å². The lowest BCUT2D eigenvalue weighted by Gasteiger charge is -2.47. The average Bonchev–Trinajstić information content (AvgIpc) is 3.04. The van der Waals surface area contributed by atoms with Crippen LogP contribution in [0.25, 0.3) is 0 Å². The van der Waals surface area contributed by atoms with Gasteiger partial charge in [0, 0.05) is 20.8 Å². The Labute approximate surface area is 189 Å². The number of halogens is 2. The minimum absolute atomic E-state index is 0.104. The molecule has 1 aliphatic heterocycles. The molecular formula is C25H24Br2O2. The molecule has 5 rings (SSSR count). The summed E-state index contributed by atoms with van der Waals surface area (Å²) in [7, 11) is 0. The van der Waals surface area contributed by atoms with E-state index in [0.29, 0.717) is 6.61 Å². The van der Waals surface area contributed by atoms with Gasteiger partial charge in [0.1, 0.15) is 11.5 Å². The van der Waals surface area contributed by atoms with Crippen molar-refractivity contribution in [1.29, 1.82) is 0 Å². The van der Waals surface area contributed by atoms with Gasteiger partial charge in [-0.25, -0.2) is 0 Å². The second kappa shape index (κ2) is 7.63. The van der Waals surface area contributed by atoms with Crippen LogP contribution in [-0.4, -0.2) is 12.7 Å². The first-order chi connectivity index (χ1) is 14.2. The molecule has 4 heteroatoms. The van der Waals surface area contributed by atoms with Crippen LogP contribution in [0.4, 0.5) is 0 Å². The molecule has 29 heavy (non-hydrogen) atoms. The van der Waals surface area contributed by atoms with Gasteiger partial charge in [0.15, 0.2) is 6.10 Å². The Balaban J connectivity index is 1.81. The summed E-state index contributed by atoms with van der Waals surface area (Å²) in [6, 6.07) is 21.7. The van der Waals surface area contributed by atoms with Gasteiger partial charge in [-0.15, -0.1) is 0 Å². The van der Waals surface area contributed by atoms with E-state index in [1.807, 2.05) is 6.92 Å². The van der Waals surface area contributed by atoms with Crippen molar-refractivity contribution in [3.63, 3.8) is 0 Å². The minimum Gasteiger partial charge on any atom is -0.493 e. The summed E-state index contributed by atoms with van der Waals surface area (Å²) in [4.78, 5) is 0. The van der Waals surface area contributed by atoms with E-state index >= 15 is 0 Å². The zero-order valence-electron chi connectivity index (χ0n) is 16.4. The van der Waals surface area contributed by atoms with Crippen LogP contribution < -0.4 is 0 Å². The first kappa shape index (κ1) is 19.4. The number of rotatable bonds is 4. The number of allylic oxidation sites excluding steroid dienone is 3. The molecule has 0 saturated carbocycles. The summed E-state index contributed by atoms with van der Waals surface area (Å²) >= 11 is 7.88. The Bertz CT molecular complexity index is 967. The van der Waals surface area contributed by atoms with Gasteiger partial charge in [0.25, 0.3) is 0 Å². The standard InChI is InChI=1S/C25H24Br2O2/c1-2-28-23-21(27)19(16-10-5-3-6-11-16)25-15-9-14-18(26)24(25)29-22(23)20(25)17-12-7-4-8-13-17/h3-8,10-13,19-20,22H,2,9,14-15H2,1H3. The maximum absolute atomic E-state index is 6.77. The molecule has 1 spiro atoms. The Kier molecular flexibility index (Phi) is 5.11. The highest BCUT2D eigenvalue weighted by atomic mass is 79.9. The first-order valence-corrected chi connectivity index (χ1v) is 11.9. The van der Waals surface area contributed by atoms with Crippen LogP contribution in [0.5, 0.6) is 0 Å². The minimum atomic E-state index is -0.121. The normalized spacial score (nSPS) is 30.8. The molecule has 1 heterocycles. The van der Waals surface area contributed by atoms with E-state index < -0.39 is 0 Å². The maximum Gasteiger partial charge on any atom is 0.164 e. The number of hydrogen-bond acceptors (Lipinski definition) is 2. The maximum atomic E-state index is 6.77. The van der Waals surface area contributed by atoms with Crippen molar-refractivity contribution in [2.75, 3.05) is 6.61 Å². The average molecular weight is 516 g/mol. The third-order valence-corrected chi connectivity index (χ3v) is 8.22. The number of hydrogen-bond donors (Lipinski definition) is 0. The zero-order chi connectivity index (χ0) is 20.0. The van der Waals surface area contributed by atoms with E-state index in [0.717, 1.165) is 35.3 Å². The number of ether oxygens (including phenoxy) is 2.